The highest BCUT2D eigenvalue weighted by Crippen LogP contribution is 2.21. The van der Waals surface area contributed by atoms with E-state index >= 15 is 0 Å². The number of ether oxygens (including phenoxy) is 1. The number of rotatable bonds is 6. The van der Waals surface area contributed by atoms with Crippen LogP contribution in [0.15, 0.2) is 71.5 Å². The van der Waals surface area contributed by atoms with E-state index in [2.05, 4.69) is 25.9 Å². The number of guanidine groups is 1. The number of fused-ring (bicyclic) bond motifs is 1. The normalized spacial score (nSPS) is 19.4. The number of likely N-dealkylation sites (N-methyl/N-ethyl adjacent to an activating group) is 1. The molecule has 2 aromatic heterocycles. The van der Waals surface area contributed by atoms with Gasteiger partial charge in [-0.15, -0.1) is 0 Å². The zero-order valence-electron chi connectivity index (χ0n) is 23.6. The molecule has 1 aromatic carbocycles. The summed E-state index contributed by atoms with van der Waals surface area (Å²) in [6, 6.07) is 11.0. The van der Waals surface area contributed by atoms with Gasteiger partial charge >= 0.3 is 0 Å². The zero-order chi connectivity index (χ0) is 29.1. The molecule has 0 aliphatic carbocycles. The molecule has 1 atom stereocenters. The minimum absolute atomic E-state index is 0.00245. The fraction of sp³-hybridized carbons (Fsp3) is 0.379. The van der Waals surface area contributed by atoms with Gasteiger partial charge in [0.2, 0.25) is 5.96 Å². The molecule has 0 radical (unpaired) electrons. The van der Waals surface area contributed by atoms with Gasteiger partial charge in [0.15, 0.2) is 5.82 Å². The maximum Gasteiger partial charge on any atom is 0.254 e. The summed E-state index contributed by atoms with van der Waals surface area (Å²) in [5.41, 5.74) is 13.0. The van der Waals surface area contributed by atoms with Gasteiger partial charge in [-0.25, -0.2) is 4.98 Å². The highest BCUT2D eigenvalue weighted by molar-refractivity contribution is 5.95. The molecule has 13 nitrogen and oxygen atoms in total. The van der Waals surface area contributed by atoms with E-state index in [0.29, 0.717) is 55.8 Å². The van der Waals surface area contributed by atoms with Crippen molar-refractivity contribution < 1.29 is 14.3 Å². The van der Waals surface area contributed by atoms with Gasteiger partial charge in [0, 0.05) is 75.7 Å². The van der Waals surface area contributed by atoms with Gasteiger partial charge in [0.05, 0.1) is 24.5 Å². The number of carbonyl (C=O) groups is 2. The van der Waals surface area contributed by atoms with Gasteiger partial charge in [-0.05, 0) is 49.2 Å². The Bertz CT molecular complexity index is 1510. The monoisotopic (exact) mass is 572 g/mol. The Labute approximate surface area is 244 Å². The molecule has 0 bridgehead atoms. The minimum Gasteiger partial charge on any atom is -0.378 e. The van der Waals surface area contributed by atoms with E-state index < -0.39 is 0 Å². The maximum atomic E-state index is 13.0. The number of aromatic nitrogens is 2. The first-order valence-electron chi connectivity index (χ1n) is 14.2. The predicted octanol–water partition coefficient (Wildman–Crippen LogP) is 1.05. The van der Waals surface area contributed by atoms with E-state index in [4.69, 9.17) is 15.5 Å². The number of nitrogens with one attached hydrogen (secondary N) is 3. The van der Waals surface area contributed by atoms with Crippen LogP contribution in [0.2, 0.25) is 0 Å². The van der Waals surface area contributed by atoms with Crippen LogP contribution >= 0.6 is 0 Å². The molecule has 6 rings (SSSR count). The van der Waals surface area contributed by atoms with Gasteiger partial charge in [-0.2, -0.15) is 4.99 Å². The van der Waals surface area contributed by atoms with Crippen molar-refractivity contribution in [1.82, 2.24) is 34.9 Å². The molecular weight excluding hydrogens is 536 g/mol. The van der Waals surface area contributed by atoms with Crippen LogP contribution in [0, 0.1) is 0 Å². The van der Waals surface area contributed by atoms with Crippen molar-refractivity contribution in [1.29, 1.82) is 0 Å². The molecule has 2 amide bonds. The first-order valence-corrected chi connectivity index (χ1v) is 14.2. The molecular formula is C29H36N10O3. The van der Waals surface area contributed by atoms with E-state index in [1.54, 1.807) is 18.5 Å². The Morgan fingerprint density at radius 2 is 1.88 bits per heavy atom. The average Bonchev–Trinajstić information content (AvgIpc) is 3.50. The predicted molar refractivity (Wildman–Crippen MR) is 158 cm³/mol. The highest BCUT2D eigenvalue weighted by Gasteiger charge is 2.28. The van der Waals surface area contributed by atoms with Crippen LogP contribution in [0.5, 0.6) is 0 Å². The summed E-state index contributed by atoms with van der Waals surface area (Å²) in [4.78, 5) is 38.9. The van der Waals surface area contributed by atoms with Crippen molar-refractivity contribution in [2.24, 2.45) is 10.7 Å². The van der Waals surface area contributed by atoms with Gasteiger partial charge in [0.25, 0.3) is 11.8 Å². The quantitative estimate of drug-likeness (QED) is 0.341. The fourth-order valence-electron chi connectivity index (χ4n) is 5.44. The summed E-state index contributed by atoms with van der Waals surface area (Å²) in [7, 11) is 1.90. The number of amides is 2. The topological polar surface area (TPSA) is 145 Å². The van der Waals surface area contributed by atoms with E-state index in [1.807, 2.05) is 57.9 Å². The second kappa shape index (κ2) is 12.1. The number of carbonyl (C=O) groups excluding carboxylic acids is 2. The van der Waals surface area contributed by atoms with E-state index in [9.17, 15) is 9.59 Å². The molecule has 3 aromatic rings. The smallest absolute Gasteiger partial charge is 0.254 e. The lowest BCUT2D eigenvalue weighted by molar-refractivity contribution is 0.0303. The van der Waals surface area contributed by atoms with E-state index in [0.717, 1.165) is 36.4 Å². The Hall–Kier alpha value is -4.62. The summed E-state index contributed by atoms with van der Waals surface area (Å²) in [6.45, 7) is 4.02. The molecule has 0 spiro atoms. The number of pyridine rings is 1. The first-order chi connectivity index (χ1) is 20.5. The lowest BCUT2D eigenvalue weighted by Gasteiger charge is -2.39. The van der Waals surface area contributed by atoms with Crippen molar-refractivity contribution in [2.45, 2.75) is 18.9 Å². The maximum absolute atomic E-state index is 13.0. The number of nitrogens with two attached hydrogens (primary N) is 1. The molecule has 2 fully saturated rings. The number of hydrazine groups is 1. The third kappa shape index (κ3) is 5.87. The Balaban J connectivity index is 1.13. The number of anilines is 1. The SMILES string of the molecule is CN1NC(N2CCC[C@@H](NC(=O)c3ccc4nccn4c3)C2)=NC(Nc2ccc(C(=O)N3CCOCC3)cc2)=C1CN. The molecule has 42 heavy (non-hydrogen) atoms. The number of likely N-dealkylation sites (tertiary alicyclic amines) is 1. The van der Waals surface area contributed by atoms with Crippen molar-refractivity contribution in [3.05, 3.63) is 77.6 Å². The number of imidazole rings is 1. The molecule has 5 heterocycles. The van der Waals surface area contributed by atoms with Crippen LogP contribution in [-0.4, -0.2) is 101 Å². The van der Waals surface area contributed by atoms with Gasteiger partial charge < -0.3 is 35.3 Å². The van der Waals surface area contributed by atoms with Crippen LogP contribution in [0.3, 0.4) is 0 Å². The standard InChI is InChI=1S/C29H36N10O3/c1-36-24(17-30)26(32-22-7-4-20(5-8-22)28(41)37-13-15-42-16-14-37)34-29(35-36)39-11-2-3-23(19-39)33-27(40)21-6-9-25-31-10-12-38(25)18-21/h4-10,12,18,23,32H,2-3,11,13-17,19,30H2,1H3,(H,33,40)(H,34,35)/t23-/m1/s1. The molecule has 3 aliphatic rings. The van der Waals surface area contributed by atoms with Crippen LogP contribution < -0.4 is 21.8 Å². The minimum atomic E-state index is -0.115. The first kappa shape index (κ1) is 27.5. The van der Waals surface area contributed by atoms with Crippen molar-refractivity contribution in [2.75, 3.05) is 58.3 Å². The second-order valence-corrected chi connectivity index (χ2v) is 10.6. The largest absolute Gasteiger partial charge is 0.378 e. The van der Waals surface area contributed by atoms with Crippen molar-refractivity contribution in [3.63, 3.8) is 0 Å². The van der Waals surface area contributed by atoms with Gasteiger partial charge in [-0.3, -0.25) is 20.0 Å². The van der Waals surface area contributed by atoms with Crippen molar-refractivity contribution in [3.8, 4) is 0 Å². The number of benzene rings is 1. The van der Waals surface area contributed by atoms with Crippen LogP contribution in [0.1, 0.15) is 33.6 Å². The summed E-state index contributed by atoms with van der Waals surface area (Å²) in [5, 5.41) is 8.44. The van der Waals surface area contributed by atoms with Crippen LogP contribution in [-0.2, 0) is 4.74 Å². The number of aliphatic imine (C=N–C) groups is 1. The van der Waals surface area contributed by atoms with Crippen molar-refractivity contribution >= 4 is 29.1 Å². The van der Waals surface area contributed by atoms with Crippen LogP contribution in [0.25, 0.3) is 5.65 Å². The number of hydrogen-bond donors (Lipinski definition) is 4. The Morgan fingerprint density at radius 1 is 1.10 bits per heavy atom. The number of nitrogens with zero attached hydrogens (tertiary/aromatic N) is 6. The van der Waals surface area contributed by atoms with Gasteiger partial charge in [-0.1, -0.05) is 0 Å². The number of piperidine rings is 1. The average molecular weight is 573 g/mol. The fourth-order valence-corrected chi connectivity index (χ4v) is 5.44. The Morgan fingerprint density at radius 3 is 2.67 bits per heavy atom. The number of morpholine rings is 1. The zero-order valence-corrected chi connectivity index (χ0v) is 23.6. The lowest BCUT2D eigenvalue weighted by Crippen LogP contribution is -2.57. The summed E-state index contributed by atoms with van der Waals surface area (Å²) in [6.07, 6.45) is 7.11. The molecule has 5 N–H and O–H groups in total. The molecule has 3 aliphatic heterocycles. The van der Waals surface area contributed by atoms with E-state index in [1.165, 1.54) is 0 Å². The third-order valence-electron chi connectivity index (χ3n) is 7.76. The lowest BCUT2D eigenvalue weighted by atomic mass is 10.1. The Kier molecular flexibility index (Phi) is 7.93. The molecule has 13 heteroatoms. The van der Waals surface area contributed by atoms with Crippen LogP contribution in [0.4, 0.5) is 5.69 Å². The molecule has 2 saturated heterocycles. The highest BCUT2D eigenvalue weighted by atomic mass is 16.5. The van der Waals surface area contributed by atoms with Gasteiger partial charge in [0.1, 0.15) is 5.65 Å². The van der Waals surface area contributed by atoms with E-state index in [-0.39, 0.29) is 24.4 Å². The summed E-state index contributed by atoms with van der Waals surface area (Å²) < 4.78 is 7.19. The molecule has 0 saturated carbocycles. The second-order valence-electron chi connectivity index (χ2n) is 10.6. The molecule has 0 unspecified atom stereocenters. The number of hydrogen-bond acceptors (Lipinski definition) is 10. The summed E-state index contributed by atoms with van der Waals surface area (Å²) in [5.74, 6) is 1.19. The third-order valence-corrected chi connectivity index (χ3v) is 7.76. The molecule has 220 valence electrons. The summed E-state index contributed by atoms with van der Waals surface area (Å²) >= 11 is 0.